The van der Waals surface area contributed by atoms with Gasteiger partial charge in [-0.25, -0.2) is 0 Å². The monoisotopic (exact) mass is 499 g/mol. The second-order valence-corrected chi connectivity index (χ2v) is 8.91. The molecule has 1 unspecified atom stereocenters. The van der Waals surface area contributed by atoms with Gasteiger partial charge in [-0.3, -0.25) is 14.4 Å². The van der Waals surface area contributed by atoms with Crippen molar-refractivity contribution < 1.29 is 27.9 Å². The molecule has 0 bridgehead atoms. The molecule has 1 aliphatic heterocycles. The number of carbonyl (C=O) groups excluding carboxylic acids is 3. The Hall–Kier alpha value is -3.79. The standard InChI is InChI=1S/C25H23F2N3O4S/c26-25(27)34-20-10-2-1-9-19(20)24(33)30-12-4-6-16(15-30)22(31)28-17-7-3-8-18(14-17)29-23(32)21-11-5-13-35-21/h1-3,5,7-11,13-14,16,25H,4,6,12,15H2,(H,28,31)(H,29,32). The number of piperidine rings is 1. The molecule has 2 heterocycles. The number of hydrogen-bond acceptors (Lipinski definition) is 5. The molecule has 1 atom stereocenters. The molecule has 2 aromatic carbocycles. The molecule has 35 heavy (non-hydrogen) atoms. The van der Waals surface area contributed by atoms with Gasteiger partial charge in [-0.15, -0.1) is 11.3 Å². The molecule has 3 amide bonds. The van der Waals surface area contributed by atoms with Gasteiger partial charge >= 0.3 is 6.61 Å². The summed E-state index contributed by atoms with van der Waals surface area (Å²) in [5.74, 6) is -1.62. The number of para-hydroxylation sites is 1. The molecule has 1 aliphatic rings. The van der Waals surface area contributed by atoms with E-state index >= 15 is 0 Å². The first kappa shape index (κ1) is 24.3. The van der Waals surface area contributed by atoms with E-state index in [-0.39, 0.29) is 29.7 Å². The van der Waals surface area contributed by atoms with Crippen LogP contribution >= 0.6 is 11.3 Å². The van der Waals surface area contributed by atoms with E-state index in [1.807, 2.05) is 5.38 Å². The number of halogens is 2. The molecule has 10 heteroatoms. The lowest BCUT2D eigenvalue weighted by Gasteiger charge is -2.32. The summed E-state index contributed by atoms with van der Waals surface area (Å²) in [5.41, 5.74) is 1.08. The van der Waals surface area contributed by atoms with Crippen molar-refractivity contribution in [2.24, 2.45) is 5.92 Å². The Bertz CT molecular complexity index is 1200. The van der Waals surface area contributed by atoms with Crippen molar-refractivity contribution in [1.82, 2.24) is 4.90 Å². The van der Waals surface area contributed by atoms with Gasteiger partial charge in [0.25, 0.3) is 11.8 Å². The smallest absolute Gasteiger partial charge is 0.387 e. The molecule has 2 N–H and O–H groups in total. The first-order chi connectivity index (χ1) is 16.9. The topological polar surface area (TPSA) is 87.7 Å². The van der Waals surface area contributed by atoms with Gasteiger partial charge in [-0.05, 0) is 54.6 Å². The van der Waals surface area contributed by atoms with E-state index in [1.165, 1.54) is 34.4 Å². The SMILES string of the molecule is O=C(Nc1cccc(NC(=O)C2CCCN(C(=O)c3ccccc3OC(F)F)C2)c1)c1cccs1. The maximum absolute atomic E-state index is 13.0. The highest BCUT2D eigenvalue weighted by Crippen LogP contribution is 2.26. The molecule has 0 aliphatic carbocycles. The van der Waals surface area contributed by atoms with E-state index in [4.69, 9.17) is 0 Å². The fourth-order valence-electron chi connectivity index (χ4n) is 3.91. The van der Waals surface area contributed by atoms with Crippen molar-refractivity contribution in [2.45, 2.75) is 19.5 Å². The van der Waals surface area contributed by atoms with E-state index in [0.29, 0.717) is 35.6 Å². The van der Waals surface area contributed by atoms with Gasteiger partial charge in [0, 0.05) is 24.5 Å². The van der Waals surface area contributed by atoms with Gasteiger partial charge in [-0.1, -0.05) is 24.3 Å². The summed E-state index contributed by atoms with van der Waals surface area (Å²) in [4.78, 5) is 40.3. The molecule has 1 aromatic heterocycles. The molecule has 3 aromatic rings. The summed E-state index contributed by atoms with van der Waals surface area (Å²) in [6.45, 7) is -2.48. The number of benzene rings is 2. The predicted molar refractivity (Wildman–Crippen MR) is 129 cm³/mol. The van der Waals surface area contributed by atoms with Crippen molar-refractivity contribution >= 4 is 40.4 Å². The van der Waals surface area contributed by atoms with Crippen LogP contribution in [0, 0.1) is 5.92 Å². The van der Waals surface area contributed by atoms with Gasteiger partial charge in [0.05, 0.1) is 16.4 Å². The number of anilines is 2. The lowest BCUT2D eigenvalue weighted by atomic mass is 9.96. The molecule has 182 valence electrons. The molecule has 0 saturated carbocycles. The summed E-state index contributed by atoms with van der Waals surface area (Å²) in [7, 11) is 0. The van der Waals surface area contributed by atoms with Crippen molar-refractivity contribution in [2.75, 3.05) is 23.7 Å². The molecule has 0 spiro atoms. The number of rotatable bonds is 7. The predicted octanol–water partition coefficient (Wildman–Crippen LogP) is 5.09. The largest absolute Gasteiger partial charge is 0.434 e. The molecule has 0 radical (unpaired) electrons. The number of thiophene rings is 1. The minimum atomic E-state index is -3.05. The number of alkyl halides is 2. The lowest BCUT2D eigenvalue weighted by Crippen LogP contribution is -2.43. The van der Waals surface area contributed by atoms with E-state index in [0.717, 1.165) is 0 Å². The quantitative estimate of drug-likeness (QED) is 0.474. The summed E-state index contributed by atoms with van der Waals surface area (Å²) in [5, 5.41) is 7.46. The fraction of sp³-hybridized carbons (Fsp3) is 0.240. The Morgan fingerprint density at radius 2 is 1.77 bits per heavy atom. The van der Waals surface area contributed by atoms with E-state index in [2.05, 4.69) is 15.4 Å². The third-order valence-corrected chi connectivity index (χ3v) is 6.41. The number of amides is 3. The summed E-state index contributed by atoms with van der Waals surface area (Å²) >= 11 is 1.33. The fourth-order valence-corrected chi connectivity index (χ4v) is 4.53. The lowest BCUT2D eigenvalue weighted by molar-refractivity contribution is -0.121. The van der Waals surface area contributed by atoms with Crippen LogP contribution in [-0.2, 0) is 4.79 Å². The van der Waals surface area contributed by atoms with Crippen molar-refractivity contribution in [1.29, 1.82) is 0 Å². The summed E-state index contributed by atoms with van der Waals surface area (Å²) in [6.07, 6.45) is 1.18. The van der Waals surface area contributed by atoms with Crippen LogP contribution in [0.25, 0.3) is 0 Å². The third kappa shape index (κ3) is 6.21. The van der Waals surface area contributed by atoms with Crippen LogP contribution in [0.15, 0.2) is 66.0 Å². The van der Waals surface area contributed by atoms with Gasteiger partial charge in [-0.2, -0.15) is 8.78 Å². The average molecular weight is 500 g/mol. The van der Waals surface area contributed by atoms with Gasteiger partial charge < -0.3 is 20.3 Å². The molecule has 1 saturated heterocycles. The zero-order valence-corrected chi connectivity index (χ0v) is 19.4. The Labute approximate surface area is 204 Å². The molecule has 4 rings (SSSR count). The van der Waals surface area contributed by atoms with Crippen LogP contribution in [0.3, 0.4) is 0 Å². The Kier molecular flexibility index (Phi) is 7.71. The van der Waals surface area contributed by atoms with Crippen molar-refractivity contribution in [3.63, 3.8) is 0 Å². The number of carbonyl (C=O) groups is 3. The molecular formula is C25H23F2N3O4S. The van der Waals surface area contributed by atoms with E-state index < -0.39 is 18.4 Å². The minimum Gasteiger partial charge on any atom is -0.434 e. The number of hydrogen-bond donors (Lipinski definition) is 2. The molecule has 7 nitrogen and oxygen atoms in total. The number of ether oxygens (including phenoxy) is 1. The van der Waals surface area contributed by atoms with Crippen molar-refractivity contribution in [3.8, 4) is 5.75 Å². The Morgan fingerprint density at radius 1 is 1.00 bits per heavy atom. The van der Waals surface area contributed by atoms with Crippen LogP contribution in [0.2, 0.25) is 0 Å². The summed E-state index contributed by atoms with van der Waals surface area (Å²) in [6, 6.07) is 16.2. The number of nitrogens with zero attached hydrogens (tertiary/aromatic N) is 1. The summed E-state index contributed by atoms with van der Waals surface area (Å²) < 4.78 is 29.9. The third-order valence-electron chi connectivity index (χ3n) is 5.55. The highest BCUT2D eigenvalue weighted by atomic mass is 32.1. The average Bonchev–Trinajstić information content (AvgIpc) is 3.39. The first-order valence-electron chi connectivity index (χ1n) is 11.0. The minimum absolute atomic E-state index is 0.0306. The van der Waals surface area contributed by atoms with Crippen LogP contribution in [0.5, 0.6) is 5.75 Å². The second kappa shape index (κ2) is 11.1. The maximum Gasteiger partial charge on any atom is 0.387 e. The maximum atomic E-state index is 13.0. The number of nitrogens with one attached hydrogen (secondary N) is 2. The Morgan fingerprint density at radius 3 is 2.51 bits per heavy atom. The van der Waals surface area contributed by atoms with Crippen LogP contribution in [0.4, 0.5) is 20.2 Å². The van der Waals surface area contributed by atoms with Gasteiger partial charge in [0.15, 0.2) is 0 Å². The van der Waals surface area contributed by atoms with Crippen molar-refractivity contribution in [3.05, 3.63) is 76.5 Å². The zero-order valence-electron chi connectivity index (χ0n) is 18.6. The normalized spacial score (nSPS) is 15.5. The number of likely N-dealkylation sites (tertiary alicyclic amines) is 1. The van der Waals surface area contributed by atoms with Gasteiger partial charge in [0.2, 0.25) is 5.91 Å². The zero-order chi connectivity index (χ0) is 24.8. The first-order valence-corrected chi connectivity index (χ1v) is 11.9. The van der Waals surface area contributed by atoms with E-state index in [1.54, 1.807) is 42.5 Å². The highest BCUT2D eigenvalue weighted by Gasteiger charge is 2.30. The van der Waals surface area contributed by atoms with Crippen LogP contribution in [-0.4, -0.2) is 42.3 Å². The van der Waals surface area contributed by atoms with Gasteiger partial charge in [0.1, 0.15) is 5.75 Å². The van der Waals surface area contributed by atoms with Crippen LogP contribution < -0.4 is 15.4 Å². The highest BCUT2D eigenvalue weighted by molar-refractivity contribution is 7.12. The van der Waals surface area contributed by atoms with E-state index in [9.17, 15) is 23.2 Å². The van der Waals surface area contributed by atoms with Crippen LogP contribution in [0.1, 0.15) is 32.9 Å². The second-order valence-electron chi connectivity index (χ2n) is 7.97. The Balaban J connectivity index is 1.39. The molecular weight excluding hydrogens is 476 g/mol. The molecule has 1 fully saturated rings.